The Hall–Kier alpha value is -2.78. The van der Waals surface area contributed by atoms with E-state index in [1.807, 2.05) is 60.7 Å². The van der Waals surface area contributed by atoms with Crippen molar-refractivity contribution < 1.29 is 4.74 Å². The molecule has 0 heterocycles. The van der Waals surface area contributed by atoms with Crippen LogP contribution in [0.1, 0.15) is 36.1 Å². The van der Waals surface area contributed by atoms with Gasteiger partial charge in [0.05, 0.1) is 27.3 Å². The van der Waals surface area contributed by atoms with Gasteiger partial charge in [-0.3, -0.25) is 0 Å². The van der Waals surface area contributed by atoms with Crippen molar-refractivity contribution in [1.82, 2.24) is 0 Å². The highest BCUT2D eigenvalue weighted by Gasteiger charge is 2.25. The van der Waals surface area contributed by atoms with Gasteiger partial charge in [0, 0.05) is 16.5 Å². The summed E-state index contributed by atoms with van der Waals surface area (Å²) >= 11 is 18.7. The summed E-state index contributed by atoms with van der Waals surface area (Å²) in [5.41, 5.74) is 5.75. The van der Waals surface area contributed by atoms with Crippen molar-refractivity contribution >= 4 is 46.2 Å². The lowest BCUT2D eigenvalue weighted by Gasteiger charge is -2.27. The molecule has 0 aliphatic carbocycles. The fraction of sp³-hybridized carbons (Fsp3) is 0.167. The van der Waals surface area contributed by atoms with Crippen LogP contribution in [0, 0.1) is 0 Å². The average Bonchev–Trinajstić information content (AvgIpc) is 2.88. The van der Waals surface area contributed by atoms with Crippen LogP contribution in [-0.2, 0) is 5.41 Å². The molecule has 0 amide bonds. The standard InChI is InChI=1S/C30H26Cl3NO/c1-30(2,24-19-26(32)29(27(33)20-24)35-18-17-31)23-13-15-25(16-14-23)34-28(21-9-5-3-6-10-21)22-11-7-4-8-12-22/h3-16,19-20H,17-18H2,1-2H3. The van der Waals surface area contributed by atoms with Crippen LogP contribution in [0.4, 0.5) is 5.69 Å². The van der Waals surface area contributed by atoms with Crippen LogP contribution in [0.15, 0.2) is 102 Å². The monoisotopic (exact) mass is 521 g/mol. The van der Waals surface area contributed by atoms with E-state index in [2.05, 4.69) is 50.2 Å². The SMILES string of the molecule is CC(C)(c1ccc(N=C(c2ccccc2)c2ccccc2)cc1)c1cc(Cl)c(OCCCl)c(Cl)c1. The Kier molecular flexibility index (Phi) is 8.18. The van der Waals surface area contributed by atoms with E-state index >= 15 is 0 Å². The van der Waals surface area contributed by atoms with Crippen LogP contribution >= 0.6 is 34.8 Å². The molecule has 0 saturated carbocycles. The fourth-order valence-electron chi connectivity index (χ4n) is 3.94. The molecule has 0 bridgehead atoms. The smallest absolute Gasteiger partial charge is 0.156 e. The van der Waals surface area contributed by atoms with E-state index in [1.165, 1.54) is 0 Å². The van der Waals surface area contributed by atoms with Gasteiger partial charge in [-0.2, -0.15) is 0 Å². The molecule has 178 valence electrons. The molecule has 5 heteroatoms. The van der Waals surface area contributed by atoms with Gasteiger partial charge in [-0.25, -0.2) is 4.99 Å². The summed E-state index contributed by atoms with van der Waals surface area (Å²) in [5.74, 6) is 0.831. The third kappa shape index (κ3) is 5.90. The lowest BCUT2D eigenvalue weighted by atomic mass is 9.78. The van der Waals surface area contributed by atoms with Crippen LogP contribution in [0.2, 0.25) is 10.0 Å². The van der Waals surface area contributed by atoms with E-state index in [4.69, 9.17) is 44.5 Å². The van der Waals surface area contributed by atoms with Crippen LogP contribution in [0.5, 0.6) is 5.75 Å². The predicted molar refractivity (Wildman–Crippen MR) is 149 cm³/mol. The van der Waals surface area contributed by atoms with E-state index in [-0.39, 0.29) is 5.41 Å². The van der Waals surface area contributed by atoms with E-state index in [0.717, 1.165) is 33.7 Å². The first-order chi connectivity index (χ1) is 16.9. The van der Waals surface area contributed by atoms with Gasteiger partial charge < -0.3 is 4.74 Å². The first kappa shape index (κ1) is 25.3. The predicted octanol–water partition coefficient (Wildman–Crippen LogP) is 9.11. The van der Waals surface area contributed by atoms with Crippen molar-refractivity contribution in [2.45, 2.75) is 19.3 Å². The lowest BCUT2D eigenvalue weighted by Crippen LogP contribution is -2.19. The quantitative estimate of drug-likeness (QED) is 0.167. The van der Waals surface area contributed by atoms with Gasteiger partial charge in [0.2, 0.25) is 0 Å². The highest BCUT2D eigenvalue weighted by molar-refractivity contribution is 6.37. The third-order valence-corrected chi connectivity index (χ3v) is 6.68. The molecule has 2 nitrogen and oxygen atoms in total. The van der Waals surface area contributed by atoms with Crippen molar-refractivity contribution in [2.24, 2.45) is 4.99 Å². The number of ether oxygens (including phenoxy) is 1. The van der Waals surface area contributed by atoms with Crippen molar-refractivity contribution in [3.05, 3.63) is 129 Å². The van der Waals surface area contributed by atoms with Crippen molar-refractivity contribution in [3.63, 3.8) is 0 Å². The summed E-state index contributed by atoms with van der Waals surface area (Å²) in [6, 6.07) is 32.6. The van der Waals surface area contributed by atoms with Gasteiger partial charge in [-0.05, 0) is 35.4 Å². The molecule has 4 aromatic rings. The summed E-state index contributed by atoms with van der Waals surface area (Å²) < 4.78 is 5.61. The summed E-state index contributed by atoms with van der Waals surface area (Å²) in [7, 11) is 0. The number of benzene rings is 4. The minimum atomic E-state index is -0.331. The number of alkyl halides is 1. The van der Waals surface area contributed by atoms with Crippen molar-refractivity contribution in [1.29, 1.82) is 0 Å². The Labute approximate surface area is 222 Å². The average molecular weight is 523 g/mol. The Balaban J connectivity index is 1.67. The lowest BCUT2D eigenvalue weighted by molar-refractivity contribution is 0.343. The number of nitrogens with zero attached hydrogens (tertiary/aromatic N) is 1. The second-order valence-corrected chi connectivity index (χ2v) is 9.86. The maximum absolute atomic E-state index is 6.49. The number of rotatable bonds is 8. The zero-order valence-corrected chi connectivity index (χ0v) is 21.9. The van der Waals surface area contributed by atoms with Crippen molar-refractivity contribution in [3.8, 4) is 5.75 Å². The molecule has 0 aliphatic rings. The summed E-state index contributed by atoms with van der Waals surface area (Å²) in [5, 5.41) is 0.949. The molecule has 0 aliphatic heterocycles. The Bertz CT molecular complexity index is 1240. The number of aliphatic imine (C=N–C) groups is 1. The van der Waals surface area contributed by atoms with Gasteiger partial charge in [0.25, 0.3) is 0 Å². The normalized spacial score (nSPS) is 11.2. The molecule has 4 aromatic carbocycles. The van der Waals surface area contributed by atoms with Gasteiger partial charge in [0.1, 0.15) is 6.61 Å². The topological polar surface area (TPSA) is 21.6 Å². The Morgan fingerprint density at radius 3 is 1.74 bits per heavy atom. The molecule has 0 N–H and O–H groups in total. The molecule has 0 unspecified atom stereocenters. The maximum atomic E-state index is 6.49. The highest BCUT2D eigenvalue weighted by atomic mass is 35.5. The van der Waals surface area contributed by atoms with E-state index in [9.17, 15) is 0 Å². The van der Waals surface area contributed by atoms with Crippen molar-refractivity contribution in [2.75, 3.05) is 12.5 Å². The number of halogens is 3. The second kappa shape index (κ2) is 11.3. The zero-order chi connectivity index (χ0) is 24.8. The number of hydrogen-bond acceptors (Lipinski definition) is 2. The minimum Gasteiger partial charge on any atom is -0.489 e. The van der Waals surface area contributed by atoms with Crippen LogP contribution in [-0.4, -0.2) is 18.2 Å². The minimum absolute atomic E-state index is 0.331. The largest absolute Gasteiger partial charge is 0.489 e. The van der Waals surface area contributed by atoms with Gasteiger partial charge in [-0.15, -0.1) is 11.6 Å². The van der Waals surface area contributed by atoms with Gasteiger partial charge in [0.15, 0.2) is 5.75 Å². The van der Waals surface area contributed by atoms with Gasteiger partial charge in [-0.1, -0.05) is 110 Å². The Morgan fingerprint density at radius 1 is 0.743 bits per heavy atom. The van der Waals surface area contributed by atoms with Crippen LogP contribution in [0.25, 0.3) is 0 Å². The van der Waals surface area contributed by atoms with E-state index in [1.54, 1.807) is 0 Å². The molecule has 0 fully saturated rings. The molecule has 4 rings (SSSR count). The zero-order valence-electron chi connectivity index (χ0n) is 19.6. The van der Waals surface area contributed by atoms with Crippen LogP contribution < -0.4 is 4.74 Å². The first-order valence-corrected chi connectivity index (χ1v) is 12.7. The highest BCUT2D eigenvalue weighted by Crippen LogP contribution is 2.40. The molecule has 35 heavy (non-hydrogen) atoms. The van der Waals surface area contributed by atoms with E-state index < -0.39 is 0 Å². The first-order valence-electron chi connectivity index (χ1n) is 11.4. The summed E-state index contributed by atoms with van der Waals surface area (Å²) in [6.07, 6.45) is 0. The third-order valence-electron chi connectivity index (χ3n) is 5.97. The fourth-order valence-corrected chi connectivity index (χ4v) is 4.61. The molecule has 0 radical (unpaired) electrons. The molecular weight excluding hydrogens is 497 g/mol. The second-order valence-electron chi connectivity index (χ2n) is 8.67. The molecular formula is C30H26Cl3NO. The van der Waals surface area contributed by atoms with Gasteiger partial charge >= 0.3 is 0 Å². The summed E-state index contributed by atoms with van der Waals surface area (Å²) in [4.78, 5) is 5.01. The maximum Gasteiger partial charge on any atom is 0.156 e. The molecule has 0 aromatic heterocycles. The molecule has 0 saturated heterocycles. The van der Waals surface area contributed by atoms with Crippen LogP contribution in [0.3, 0.4) is 0 Å². The van der Waals surface area contributed by atoms with E-state index in [0.29, 0.717) is 28.3 Å². The number of hydrogen-bond donors (Lipinski definition) is 0. The summed E-state index contributed by atoms with van der Waals surface area (Å²) in [6.45, 7) is 4.64. The Morgan fingerprint density at radius 2 is 1.26 bits per heavy atom. The molecule has 0 spiro atoms. The molecule has 0 atom stereocenters.